The van der Waals surface area contributed by atoms with Crippen molar-refractivity contribution in [3.63, 3.8) is 0 Å². The number of phenols is 5. The third-order valence-corrected chi connectivity index (χ3v) is 3.03. The van der Waals surface area contributed by atoms with Crippen LogP contribution in [0.1, 0.15) is 22.8 Å². The summed E-state index contributed by atoms with van der Waals surface area (Å²) >= 11 is 0. The molecule has 0 aliphatic heterocycles. The Bertz CT molecular complexity index is 737. The van der Waals surface area contributed by atoms with Gasteiger partial charge in [-0.15, -0.1) is 0 Å². The Kier molecular flexibility index (Phi) is 3.98. The first-order valence-electron chi connectivity index (χ1n) is 6.34. The molecule has 2 aromatic carbocycles. The van der Waals surface area contributed by atoms with E-state index in [4.69, 9.17) is 4.74 Å². The maximum absolute atomic E-state index is 12.3. The lowest BCUT2D eigenvalue weighted by atomic mass is 10.00. The lowest BCUT2D eigenvalue weighted by Gasteiger charge is -2.11. The van der Waals surface area contributed by atoms with Crippen LogP contribution in [0.25, 0.3) is 0 Å². The van der Waals surface area contributed by atoms with Gasteiger partial charge in [-0.05, 0) is 31.2 Å². The summed E-state index contributed by atoms with van der Waals surface area (Å²) < 4.78 is 5.07. The summed E-state index contributed by atoms with van der Waals surface area (Å²) in [6.07, 6.45) is 0. The number of carbonyl (C=O) groups excluding carboxylic acids is 1. The topological polar surface area (TPSA) is 127 Å². The number of phenolic OH excluding ortho intramolecular Hbond substituents is 5. The van der Waals surface area contributed by atoms with E-state index in [9.17, 15) is 30.3 Å². The summed E-state index contributed by atoms with van der Waals surface area (Å²) in [4.78, 5) is 12.3. The van der Waals surface area contributed by atoms with Crippen molar-refractivity contribution < 1.29 is 35.1 Å². The van der Waals surface area contributed by atoms with E-state index in [0.29, 0.717) is 0 Å². The Balaban J connectivity index is 2.51. The van der Waals surface area contributed by atoms with Crippen LogP contribution >= 0.6 is 0 Å². The van der Waals surface area contributed by atoms with Gasteiger partial charge in [0.05, 0.1) is 17.7 Å². The molecule has 0 atom stereocenters. The second kappa shape index (κ2) is 5.72. The standard InChI is InChI=1S/C15H14O7/c1-2-22-10-6-4-8(13(19)15(10)21)11(17)7-3-5-9(16)14(20)12(7)18/h3-6,16,18-21H,2H2,1H3. The van der Waals surface area contributed by atoms with Crippen LogP contribution in [-0.2, 0) is 0 Å². The first-order valence-corrected chi connectivity index (χ1v) is 6.34. The highest BCUT2D eigenvalue weighted by Gasteiger charge is 2.23. The second-order valence-corrected chi connectivity index (χ2v) is 4.40. The highest BCUT2D eigenvalue weighted by molar-refractivity contribution is 6.13. The number of ether oxygens (including phenoxy) is 1. The van der Waals surface area contributed by atoms with Crippen LogP contribution in [0.4, 0.5) is 0 Å². The molecule has 7 heteroatoms. The first kappa shape index (κ1) is 15.3. The Morgan fingerprint density at radius 2 is 1.41 bits per heavy atom. The van der Waals surface area contributed by atoms with Gasteiger partial charge < -0.3 is 30.3 Å². The number of hydrogen-bond donors (Lipinski definition) is 5. The number of rotatable bonds is 4. The number of aromatic hydroxyl groups is 5. The van der Waals surface area contributed by atoms with Crippen molar-refractivity contribution in [2.45, 2.75) is 6.92 Å². The Labute approximate surface area is 125 Å². The van der Waals surface area contributed by atoms with Gasteiger partial charge in [-0.25, -0.2) is 0 Å². The fourth-order valence-electron chi connectivity index (χ4n) is 1.91. The molecule has 0 aliphatic rings. The van der Waals surface area contributed by atoms with Crippen molar-refractivity contribution in [2.24, 2.45) is 0 Å². The summed E-state index contributed by atoms with van der Waals surface area (Å²) in [5.74, 6) is -4.40. The van der Waals surface area contributed by atoms with Crippen LogP contribution in [0.2, 0.25) is 0 Å². The lowest BCUT2D eigenvalue weighted by Crippen LogP contribution is -2.03. The van der Waals surface area contributed by atoms with Gasteiger partial charge in [0, 0.05) is 0 Å². The molecular weight excluding hydrogens is 292 g/mol. The van der Waals surface area contributed by atoms with Gasteiger partial charge in [-0.2, -0.15) is 0 Å². The molecule has 0 saturated carbocycles. The maximum atomic E-state index is 12.3. The zero-order valence-electron chi connectivity index (χ0n) is 11.6. The van der Waals surface area contributed by atoms with Crippen molar-refractivity contribution in [3.8, 4) is 34.5 Å². The summed E-state index contributed by atoms with van der Waals surface area (Å²) in [5.41, 5.74) is -0.629. The largest absolute Gasteiger partial charge is 0.504 e. The highest BCUT2D eigenvalue weighted by Crippen LogP contribution is 2.42. The quantitative estimate of drug-likeness (QED) is 0.431. The van der Waals surface area contributed by atoms with Gasteiger partial charge in [-0.1, -0.05) is 0 Å². The molecule has 2 aromatic rings. The zero-order valence-corrected chi connectivity index (χ0v) is 11.6. The van der Waals surface area contributed by atoms with Crippen LogP contribution in [-0.4, -0.2) is 37.9 Å². The molecule has 0 heterocycles. The second-order valence-electron chi connectivity index (χ2n) is 4.40. The Morgan fingerprint density at radius 1 is 0.864 bits per heavy atom. The molecule has 0 radical (unpaired) electrons. The van der Waals surface area contributed by atoms with E-state index in [2.05, 4.69) is 0 Å². The minimum Gasteiger partial charge on any atom is -0.504 e. The smallest absolute Gasteiger partial charge is 0.201 e. The summed E-state index contributed by atoms with van der Waals surface area (Å²) in [7, 11) is 0. The van der Waals surface area contributed by atoms with Gasteiger partial charge in [0.1, 0.15) is 0 Å². The van der Waals surface area contributed by atoms with E-state index in [0.717, 1.165) is 12.1 Å². The fraction of sp³-hybridized carbons (Fsp3) is 0.133. The average molecular weight is 306 g/mol. The molecule has 0 spiro atoms. The molecule has 0 aromatic heterocycles. The van der Waals surface area contributed by atoms with Crippen molar-refractivity contribution >= 4 is 5.78 Å². The number of benzene rings is 2. The molecule has 0 unspecified atom stereocenters. The molecule has 0 amide bonds. The van der Waals surface area contributed by atoms with Crippen LogP contribution in [0, 0.1) is 0 Å². The van der Waals surface area contributed by atoms with Crippen LogP contribution in [0.5, 0.6) is 34.5 Å². The third kappa shape index (κ3) is 2.44. The molecule has 22 heavy (non-hydrogen) atoms. The van der Waals surface area contributed by atoms with Gasteiger partial charge in [-0.3, -0.25) is 4.79 Å². The molecular formula is C15H14O7. The Hall–Kier alpha value is -3.09. The average Bonchev–Trinajstić information content (AvgIpc) is 2.49. The zero-order chi connectivity index (χ0) is 16.4. The highest BCUT2D eigenvalue weighted by atomic mass is 16.5. The molecule has 7 nitrogen and oxygen atoms in total. The molecule has 0 bridgehead atoms. The number of ketones is 1. The minimum absolute atomic E-state index is 0.00863. The summed E-state index contributed by atoms with van der Waals surface area (Å²) in [5, 5.41) is 48.1. The van der Waals surface area contributed by atoms with E-state index >= 15 is 0 Å². The molecule has 0 aliphatic carbocycles. The third-order valence-electron chi connectivity index (χ3n) is 3.03. The molecule has 2 rings (SSSR count). The predicted octanol–water partition coefficient (Wildman–Crippen LogP) is 1.84. The molecule has 5 N–H and O–H groups in total. The van der Waals surface area contributed by atoms with Crippen molar-refractivity contribution in [1.29, 1.82) is 0 Å². The lowest BCUT2D eigenvalue weighted by molar-refractivity contribution is 0.103. The summed E-state index contributed by atoms with van der Waals surface area (Å²) in [6, 6.07) is 4.61. The van der Waals surface area contributed by atoms with E-state index in [1.165, 1.54) is 12.1 Å². The minimum atomic E-state index is -0.847. The molecule has 116 valence electrons. The van der Waals surface area contributed by atoms with Crippen LogP contribution in [0.3, 0.4) is 0 Å². The van der Waals surface area contributed by atoms with E-state index in [1.54, 1.807) is 6.92 Å². The summed E-state index contributed by atoms with van der Waals surface area (Å²) in [6.45, 7) is 1.94. The molecule has 0 fully saturated rings. The fourth-order valence-corrected chi connectivity index (χ4v) is 1.91. The first-order chi connectivity index (χ1) is 10.4. The van der Waals surface area contributed by atoms with Crippen LogP contribution < -0.4 is 4.74 Å². The number of carbonyl (C=O) groups is 1. The Morgan fingerprint density at radius 3 is 2.00 bits per heavy atom. The maximum Gasteiger partial charge on any atom is 0.201 e. The van der Waals surface area contributed by atoms with E-state index in [-0.39, 0.29) is 23.5 Å². The van der Waals surface area contributed by atoms with Crippen molar-refractivity contribution in [2.75, 3.05) is 6.61 Å². The van der Waals surface area contributed by atoms with E-state index in [1.807, 2.05) is 0 Å². The van der Waals surface area contributed by atoms with Crippen molar-refractivity contribution in [3.05, 3.63) is 35.4 Å². The van der Waals surface area contributed by atoms with Gasteiger partial charge in [0.15, 0.2) is 23.0 Å². The van der Waals surface area contributed by atoms with Crippen LogP contribution in [0.15, 0.2) is 24.3 Å². The number of hydrogen-bond acceptors (Lipinski definition) is 7. The van der Waals surface area contributed by atoms with Gasteiger partial charge in [0.2, 0.25) is 17.3 Å². The monoisotopic (exact) mass is 306 g/mol. The SMILES string of the molecule is CCOc1ccc(C(=O)c2ccc(O)c(O)c2O)c(O)c1O. The van der Waals surface area contributed by atoms with E-state index < -0.39 is 34.5 Å². The predicted molar refractivity (Wildman–Crippen MR) is 75.8 cm³/mol. The van der Waals surface area contributed by atoms with Gasteiger partial charge >= 0.3 is 0 Å². The molecule has 0 saturated heterocycles. The normalized spacial score (nSPS) is 10.4. The van der Waals surface area contributed by atoms with Crippen molar-refractivity contribution in [1.82, 2.24) is 0 Å². The van der Waals surface area contributed by atoms with Gasteiger partial charge in [0.25, 0.3) is 0 Å².